The maximum atomic E-state index is 11.9. The Balaban J connectivity index is 1.47. The summed E-state index contributed by atoms with van der Waals surface area (Å²) in [5.74, 6) is 0.524. The molecule has 0 aliphatic heterocycles. The first-order chi connectivity index (χ1) is 12.1. The summed E-state index contributed by atoms with van der Waals surface area (Å²) in [6.45, 7) is 0. The van der Waals surface area contributed by atoms with Gasteiger partial charge in [0.15, 0.2) is 5.16 Å². The molecule has 0 saturated heterocycles. The molecule has 7 nitrogen and oxygen atoms in total. The zero-order valence-corrected chi connectivity index (χ0v) is 14.9. The third kappa shape index (κ3) is 4.88. The van der Waals surface area contributed by atoms with Crippen molar-refractivity contribution in [3.63, 3.8) is 0 Å². The molecule has 0 atom stereocenters. The van der Waals surface area contributed by atoms with Crippen molar-refractivity contribution in [3.8, 4) is 5.75 Å². The van der Waals surface area contributed by atoms with E-state index in [4.69, 9.17) is 4.74 Å². The highest BCUT2D eigenvalue weighted by molar-refractivity contribution is 7.99. The van der Waals surface area contributed by atoms with Crippen molar-refractivity contribution in [2.24, 2.45) is 0 Å². The maximum absolute atomic E-state index is 11.9. The largest absolute Gasteiger partial charge is 0.497 e. The molecule has 8 heteroatoms. The van der Waals surface area contributed by atoms with Crippen LogP contribution in [0, 0.1) is 0 Å². The minimum absolute atomic E-state index is 0.120. The SMILES string of the molecule is COc1ccc2nc(SCC(=O)NC(=O)NC3CCCCC3)[nH]c2c1. The van der Waals surface area contributed by atoms with Crippen molar-refractivity contribution in [1.29, 1.82) is 0 Å². The fourth-order valence-electron chi connectivity index (χ4n) is 2.93. The number of fused-ring (bicyclic) bond motifs is 1. The Labute approximate surface area is 150 Å². The van der Waals surface area contributed by atoms with Crippen LogP contribution < -0.4 is 15.4 Å². The molecule has 1 aromatic carbocycles. The van der Waals surface area contributed by atoms with E-state index < -0.39 is 6.03 Å². The number of aromatic amines is 1. The lowest BCUT2D eigenvalue weighted by atomic mass is 9.96. The molecule has 0 radical (unpaired) electrons. The van der Waals surface area contributed by atoms with Gasteiger partial charge in [0.1, 0.15) is 5.75 Å². The predicted molar refractivity (Wildman–Crippen MR) is 96.9 cm³/mol. The molecular weight excluding hydrogens is 340 g/mol. The molecule has 1 heterocycles. The number of ether oxygens (including phenoxy) is 1. The number of urea groups is 1. The molecule has 3 N–H and O–H groups in total. The topological polar surface area (TPSA) is 96.1 Å². The normalized spacial score (nSPS) is 15.1. The van der Waals surface area contributed by atoms with Gasteiger partial charge in [-0.2, -0.15) is 0 Å². The van der Waals surface area contributed by atoms with E-state index in [1.807, 2.05) is 18.2 Å². The number of imide groups is 1. The third-order valence-corrected chi connectivity index (χ3v) is 5.07. The van der Waals surface area contributed by atoms with E-state index in [-0.39, 0.29) is 17.7 Å². The number of aromatic nitrogens is 2. The van der Waals surface area contributed by atoms with E-state index in [0.29, 0.717) is 5.16 Å². The lowest BCUT2D eigenvalue weighted by molar-refractivity contribution is -0.117. The monoisotopic (exact) mass is 362 g/mol. The number of nitrogens with zero attached hydrogens (tertiary/aromatic N) is 1. The highest BCUT2D eigenvalue weighted by atomic mass is 32.2. The van der Waals surface area contributed by atoms with Crippen molar-refractivity contribution in [2.45, 2.75) is 43.3 Å². The summed E-state index contributed by atoms with van der Waals surface area (Å²) < 4.78 is 5.17. The minimum atomic E-state index is -0.410. The number of methoxy groups -OCH3 is 1. The van der Waals surface area contributed by atoms with Crippen LogP contribution in [0.1, 0.15) is 32.1 Å². The summed E-state index contributed by atoms with van der Waals surface area (Å²) in [6.07, 6.45) is 5.45. The van der Waals surface area contributed by atoms with Crippen LogP contribution in [-0.2, 0) is 4.79 Å². The van der Waals surface area contributed by atoms with E-state index in [1.54, 1.807) is 7.11 Å². The molecule has 2 aromatic rings. The Morgan fingerprint density at radius 2 is 2.12 bits per heavy atom. The van der Waals surface area contributed by atoms with Crippen LogP contribution in [0.5, 0.6) is 5.75 Å². The number of nitrogens with one attached hydrogen (secondary N) is 3. The summed E-state index contributed by atoms with van der Waals surface area (Å²) in [5.41, 5.74) is 1.65. The molecule has 1 aliphatic rings. The molecule has 1 aliphatic carbocycles. The first kappa shape index (κ1) is 17.6. The zero-order chi connectivity index (χ0) is 17.6. The van der Waals surface area contributed by atoms with Gasteiger partial charge in [-0.3, -0.25) is 10.1 Å². The molecule has 0 spiro atoms. The van der Waals surface area contributed by atoms with Crippen molar-refractivity contribution in [1.82, 2.24) is 20.6 Å². The number of rotatable bonds is 5. The number of hydrogen-bond acceptors (Lipinski definition) is 5. The smallest absolute Gasteiger partial charge is 0.321 e. The Kier molecular flexibility index (Phi) is 5.80. The standard InChI is InChI=1S/C17H22N4O3S/c1-24-12-7-8-13-14(9-12)20-17(19-13)25-10-15(22)21-16(23)18-11-5-3-2-4-6-11/h7-9,11H,2-6,10H2,1H3,(H,19,20)(H2,18,21,22,23). The van der Waals surface area contributed by atoms with Crippen LogP contribution in [0.25, 0.3) is 11.0 Å². The fraction of sp³-hybridized carbons (Fsp3) is 0.471. The first-order valence-corrected chi connectivity index (χ1v) is 9.39. The number of imidazole rings is 1. The highest BCUT2D eigenvalue weighted by Crippen LogP contribution is 2.23. The van der Waals surface area contributed by atoms with Gasteiger partial charge in [-0.05, 0) is 25.0 Å². The van der Waals surface area contributed by atoms with Crippen LogP contribution in [0.4, 0.5) is 4.79 Å². The number of benzene rings is 1. The quantitative estimate of drug-likeness (QED) is 0.711. The third-order valence-electron chi connectivity index (χ3n) is 4.20. The second kappa shape index (κ2) is 8.24. The van der Waals surface area contributed by atoms with Gasteiger partial charge in [-0.1, -0.05) is 31.0 Å². The van der Waals surface area contributed by atoms with E-state index in [0.717, 1.165) is 42.5 Å². The van der Waals surface area contributed by atoms with Gasteiger partial charge < -0.3 is 15.0 Å². The summed E-state index contributed by atoms with van der Waals surface area (Å²) in [7, 11) is 1.61. The van der Waals surface area contributed by atoms with E-state index in [9.17, 15) is 9.59 Å². The van der Waals surface area contributed by atoms with Gasteiger partial charge in [0.25, 0.3) is 0 Å². The second-order valence-corrected chi connectivity index (χ2v) is 7.03. The van der Waals surface area contributed by atoms with Crippen molar-refractivity contribution < 1.29 is 14.3 Å². The summed E-state index contributed by atoms with van der Waals surface area (Å²) in [5, 5.41) is 5.87. The van der Waals surface area contributed by atoms with Crippen LogP contribution in [-0.4, -0.2) is 40.8 Å². The molecule has 3 amide bonds. The molecule has 1 aromatic heterocycles. The molecule has 0 bridgehead atoms. The minimum Gasteiger partial charge on any atom is -0.497 e. The molecule has 0 unspecified atom stereocenters. The van der Waals surface area contributed by atoms with Gasteiger partial charge in [0.2, 0.25) is 5.91 Å². The Morgan fingerprint density at radius 3 is 2.88 bits per heavy atom. The molecule has 3 rings (SSSR count). The van der Waals surface area contributed by atoms with Crippen LogP contribution in [0.3, 0.4) is 0 Å². The fourth-order valence-corrected chi connectivity index (χ4v) is 3.61. The second-order valence-electron chi connectivity index (χ2n) is 6.07. The van der Waals surface area contributed by atoms with Crippen molar-refractivity contribution in [3.05, 3.63) is 18.2 Å². The van der Waals surface area contributed by atoms with Crippen molar-refractivity contribution in [2.75, 3.05) is 12.9 Å². The predicted octanol–water partition coefficient (Wildman–Crippen LogP) is 2.82. The van der Waals surface area contributed by atoms with Gasteiger partial charge >= 0.3 is 6.03 Å². The molecule has 134 valence electrons. The number of carbonyl (C=O) groups is 2. The summed E-state index contributed by atoms with van der Waals surface area (Å²) >= 11 is 1.26. The zero-order valence-electron chi connectivity index (χ0n) is 14.1. The number of carbonyl (C=O) groups excluding carboxylic acids is 2. The number of H-pyrrole nitrogens is 1. The van der Waals surface area contributed by atoms with Crippen LogP contribution in [0.2, 0.25) is 0 Å². The molecule has 25 heavy (non-hydrogen) atoms. The number of amides is 3. The number of thioether (sulfide) groups is 1. The van der Waals surface area contributed by atoms with E-state index in [1.165, 1.54) is 18.2 Å². The Hall–Kier alpha value is -2.22. The molecule has 1 fully saturated rings. The van der Waals surface area contributed by atoms with Gasteiger partial charge in [-0.25, -0.2) is 9.78 Å². The van der Waals surface area contributed by atoms with E-state index >= 15 is 0 Å². The Bertz CT molecular complexity index is 755. The van der Waals surface area contributed by atoms with Gasteiger partial charge in [0, 0.05) is 12.1 Å². The maximum Gasteiger partial charge on any atom is 0.321 e. The molecule has 1 saturated carbocycles. The van der Waals surface area contributed by atoms with Crippen molar-refractivity contribution >= 4 is 34.7 Å². The average molecular weight is 362 g/mol. The highest BCUT2D eigenvalue weighted by Gasteiger charge is 2.17. The first-order valence-electron chi connectivity index (χ1n) is 8.41. The summed E-state index contributed by atoms with van der Waals surface area (Å²) in [6, 6.07) is 5.31. The average Bonchev–Trinajstić information content (AvgIpc) is 3.02. The van der Waals surface area contributed by atoms with E-state index in [2.05, 4.69) is 20.6 Å². The lowest BCUT2D eigenvalue weighted by Crippen LogP contribution is -2.45. The van der Waals surface area contributed by atoms with Crippen LogP contribution in [0.15, 0.2) is 23.4 Å². The lowest BCUT2D eigenvalue weighted by Gasteiger charge is -2.22. The number of hydrogen-bond donors (Lipinski definition) is 3. The molecular formula is C17H22N4O3S. The Morgan fingerprint density at radius 1 is 1.32 bits per heavy atom. The van der Waals surface area contributed by atoms with Gasteiger partial charge in [-0.15, -0.1) is 0 Å². The van der Waals surface area contributed by atoms with Crippen LogP contribution >= 0.6 is 11.8 Å². The summed E-state index contributed by atoms with van der Waals surface area (Å²) in [4.78, 5) is 31.3. The van der Waals surface area contributed by atoms with Gasteiger partial charge in [0.05, 0.1) is 23.9 Å².